The number of hydrogen-bond acceptors (Lipinski definition) is 4. The molecule has 108 valence electrons. The normalized spacial score (nSPS) is 21.1. The van der Waals surface area contributed by atoms with E-state index in [4.69, 9.17) is 0 Å². The average Bonchev–Trinajstić information content (AvgIpc) is 2.38. The van der Waals surface area contributed by atoms with E-state index in [0.29, 0.717) is 11.8 Å². The van der Waals surface area contributed by atoms with Crippen molar-refractivity contribution in [2.45, 2.75) is 44.3 Å². The summed E-state index contributed by atoms with van der Waals surface area (Å²) in [7, 11) is -3.06. The second-order valence-corrected chi connectivity index (χ2v) is 8.05. The minimum Gasteiger partial charge on any atom is -0.317 e. The Labute approximate surface area is 116 Å². The van der Waals surface area contributed by atoms with E-state index in [1.54, 1.807) is 0 Å². The lowest BCUT2D eigenvalue weighted by Gasteiger charge is -2.21. The van der Waals surface area contributed by atoms with E-state index < -0.39 is 10.0 Å². The van der Waals surface area contributed by atoms with Gasteiger partial charge in [0, 0.05) is 11.8 Å². The van der Waals surface area contributed by atoms with Crippen LogP contribution in [0.5, 0.6) is 0 Å². The Hall–Kier alpha value is 0.220. The zero-order valence-electron chi connectivity index (χ0n) is 11.3. The van der Waals surface area contributed by atoms with Gasteiger partial charge in [-0.3, -0.25) is 0 Å². The Morgan fingerprint density at radius 1 is 1.28 bits per heavy atom. The number of unbranched alkanes of at least 4 members (excludes halogenated alkanes) is 1. The first-order chi connectivity index (χ1) is 8.64. The molecule has 0 radical (unpaired) electrons. The quantitative estimate of drug-likeness (QED) is 0.634. The van der Waals surface area contributed by atoms with Crippen LogP contribution < -0.4 is 10.0 Å². The highest BCUT2D eigenvalue weighted by molar-refractivity contribution is 8.00. The summed E-state index contributed by atoms with van der Waals surface area (Å²) >= 11 is 1.90. The third-order valence-corrected chi connectivity index (χ3v) is 5.90. The van der Waals surface area contributed by atoms with Crippen molar-refractivity contribution in [2.24, 2.45) is 0 Å². The lowest BCUT2D eigenvalue weighted by atomic mass is 10.2. The summed E-state index contributed by atoms with van der Waals surface area (Å²) < 4.78 is 26.3. The molecule has 1 heterocycles. The van der Waals surface area contributed by atoms with Crippen molar-refractivity contribution in [3.63, 3.8) is 0 Å². The monoisotopic (exact) mass is 294 g/mol. The molecule has 6 heteroatoms. The van der Waals surface area contributed by atoms with Crippen molar-refractivity contribution < 1.29 is 8.42 Å². The van der Waals surface area contributed by atoms with E-state index in [-0.39, 0.29) is 5.75 Å². The molecule has 0 amide bonds. The Morgan fingerprint density at radius 2 is 2.11 bits per heavy atom. The highest BCUT2D eigenvalue weighted by Gasteiger charge is 2.17. The number of sulfonamides is 1. The van der Waals surface area contributed by atoms with Crippen molar-refractivity contribution in [2.75, 3.05) is 31.1 Å². The predicted molar refractivity (Wildman–Crippen MR) is 79.7 cm³/mol. The lowest BCUT2D eigenvalue weighted by Crippen LogP contribution is -2.33. The van der Waals surface area contributed by atoms with E-state index in [1.807, 2.05) is 11.8 Å². The van der Waals surface area contributed by atoms with Gasteiger partial charge in [0.1, 0.15) is 0 Å². The first-order valence-corrected chi connectivity index (χ1v) is 9.64. The topological polar surface area (TPSA) is 58.2 Å². The minimum atomic E-state index is -3.06. The number of nitrogens with one attached hydrogen (secondary N) is 2. The van der Waals surface area contributed by atoms with E-state index in [0.717, 1.165) is 32.4 Å². The van der Waals surface area contributed by atoms with Crippen LogP contribution in [0.25, 0.3) is 0 Å². The largest absolute Gasteiger partial charge is 0.317 e. The molecule has 0 aliphatic carbocycles. The van der Waals surface area contributed by atoms with Crippen LogP contribution in [0.2, 0.25) is 0 Å². The molecule has 0 spiro atoms. The maximum Gasteiger partial charge on any atom is 0.211 e. The minimum absolute atomic E-state index is 0.260. The molecule has 0 aromatic rings. The zero-order chi connectivity index (χ0) is 13.3. The third-order valence-electron chi connectivity index (χ3n) is 3.07. The van der Waals surface area contributed by atoms with Gasteiger partial charge in [-0.15, -0.1) is 0 Å². The van der Waals surface area contributed by atoms with Gasteiger partial charge < -0.3 is 5.32 Å². The molecular weight excluding hydrogens is 268 g/mol. The molecule has 4 nitrogen and oxygen atoms in total. The second-order valence-electron chi connectivity index (χ2n) is 4.72. The summed E-state index contributed by atoms with van der Waals surface area (Å²) in [6.07, 6.45) is 5.32. The molecule has 1 unspecified atom stereocenters. The van der Waals surface area contributed by atoms with Crippen LogP contribution in [-0.4, -0.2) is 44.8 Å². The number of hydrogen-bond donors (Lipinski definition) is 2. The van der Waals surface area contributed by atoms with Crippen molar-refractivity contribution in [1.82, 2.24) is 10.0 Å². The Kier molecular flexibility index (Phi) is 8.30. The average molecular weight is 294 g/mol. The Bertz CT molecular complexity index is 301. The van der Waals surface area contributed by atoms with Gasteiger partial charge in [0.25, 0.3) is 0 Å². The van der Waals surface area contributed by atoms with Gasteiger partial charge in [-0.1, -0.05) is 13.3 Å². The lowest BCUT2D eigenvalue weighted by molar-refractivity contribution is 0.567. The zero-order valence-corrected chi connectivity index (χ0v) is 12.9. The van der Waals surface area contributed by atoms with E-state index in [2.05, 4.69) is 17.0 Å². The summed E-state index contributed by atoms with van der Waals surface area (Å²) in [5, 5.41) is 3.68. The third kappa shape index (κ3) is 7.61. The first-order valence-electron chi connectivity index (χ1n) is 6.93. The highest BCUT2D eigenvalue weighted by atomic mass is 32.2. The van der Waals surface area contributed by atoms with Crippen LogP contribution in [0.3, 0.4) is 0 Å². The molecule has 0 aromatic heterocycles. The van der Waals surface area contributed by atoms with Gasteiger partial charge in [0.2, 0.25) is 10.0 Å². The van der Waals surface area contributed by atoms with E-state index in [1.165, 1.54) is 18.6 Å². The molecule has 1 atom stereocenters. The van der Waals surface area contributed by atoms with Gasteiger partial charge in [0.15, 0.2) is 0 Å². The van der Waals surface area contributed by atoms with Crippen LogP contribution >= 0.6 is 11.8 Å². The molecule has 0 saturated carbocycles. The van der Waals surface area contributed by atoms with Crippen molar-refractivity contribution >= 4 is 21.8 Å². The molecule has 0 bridgehead atoms. The summed E-state index contributed by atoms with van der Waals surface area (Å²) in [6.45, 7) is 4.52. The number of rotatable bonds is 9. The predicted octanol–water partition coefficient (Wildman–Crippen LogP) is 1.58. The Morgan fingerprint density at radius 3 is 2.78 bits per heavy atom. The molecule has 1 rings (SSSR count). The summed E-state index contributed by atoms with van der Waals surface area (Å²) in [6, 6.07) is 0. The first kappa shape index (κ1) is 16.3. The molecule has 0 aromatic carbocycles. The fourth-order valence-corrected chi connectivity index (χ4v) is 4.51. The summed E-state index contributed by atoms with van der Waals surface area (Å²) in [4.78, 5) is 0. The SMILES string of the molecule is CCNCCCCS(=O)(=O)NCC1CCCCS1. The van der Waals surface area contributed by atoms with Gasteiger partial charge in [-0.05, 0) is 44.5 Å². The summed E-state index contributed by atoms with van der Waals surface area (Å²) in [5.74, 6) is 1.44. The fourth-order valence-electron chi connectivity index (χ4n) is 1.98. The molecule has 1 aliphatic rings. The van der Waals surface area contributed by atoms with Crippen LogP contribution in [0, 0.1) is 0 Å². The fraction of sp³-hybridized carbons (Fsp3) is 1.00. The molecule has 1 aliphatic heterocycles. The van der Waals surface area contributed by atoms with Crippen LogP contribution in [-0.2, 0) is 10.0 Å². The van der Waals surface area contributed by atoms with Crippen LogP contribution in [0.1, 0.15) is 39.0 Å². The maximum absolute atomic E-state index is 11.8. The van der Waals surface area contributed by atoms with Crippen LogP contribution in [0.4, 0.5) is 0 Å². The van der Waals surface area contributed by atoms with Crippen molar-refractivity contribution in [3.05, 3.63) is 0 Å². The van der Waals surface area contributed by atoms with Crippen molar-refractivity contribution in [3.8, 4) is 0 Å². The van der Waals surface area contributed by atoms with E-state index in [9.17, 15) is 8.42 Å². The molecule has 18 heavy (non-hydrogen) atoms. The molecule has 2 N–H and O–H groups in total. The van der Waals surface area contributed by atoms with Gasteiger partial charge in [-0.2, -0.15) is 11.8 Å². The van der Waals surface area contributed by atoms with E-state index >= 15 is 0 Å². The van der Waals surface area contributed by atoms with Crippen LogP contribution in [0.15, 0.2) is 0 Å². The summed E-state index contributed by atoms with van der Waals surface area (Å²) in [5.41, 5.74) is 0. The highest BCUT2D eigenvalue weighted by Crippen LogP contribution is 2.24. The van der Waals surface area contributed by atoms with Gasteiger partial charge in [-0.25, -0.2) is 13.1 Å². The second kappa shape index (κ2) is 9.18. The van der Waals surface area contributed by atoms with Crippen molar-refractivity contribution in [1.29, 1.82) is 0 Å². The molecule has 1 saturated heterocycles. The Balaban J connectivity index is 2.10. The van der Waals surface area contributed by atoms with Gasteiger partial charge >= 0.3 is 0 Å². The molecule has 1 fully saturated rings. The standard InChI is InChI=1S/C12H26N2O2S2/c1-2-13-8-4-6-10-18(15,16)14-11-12-7-3-5-9-17-12/h12-14H,2-11H2,1H3. The van der Waals surface area contributed by atoms with Gasteiger partial charge in [0.05, 0.1) is 5.75 Å². The smallest absolute Gasteiger partial charge is 0.211 e. The maximum atomic E-state index is 11.8. The molecular formula is C12H26N2O2S2. The number of thioether (sulfide) groups is 1.